The molecular weight excluding hydrogens is 307 g/mol. The first-order valence-corrected chi connectivity index (χ1v) is 8.92. The number of nitrogens with zero attached hydrogens (tertiary/aromatic N) is 2. The van der Waals surface area contributed by atoms with E-state index in [1.54, 1.807) is 4.90 Å². The van der Waals surface area contributed by atoms with Gasteiger partial charge in [-0.3, -0.25) is 9.59 Å². The first kappa shape index (κ1) is 16.9. The molecule has 0 N–H and O–H groups in total. The van der Waals surface area contributed by atoms with Gasteiger partial charge in [-0.05, 0) is 55.7 Å². The van der Waals surface area contributed by atoms with E-state index in [-0.39, 0.29) is 24.2 Å². The van der Waals surface area contributed by atoms with Crippen LogP contribution in [0, 0.1) is 11.7 Å². The molecule has 0 saturated carbocycles. The molecule has 0 aromatic heterocycles. The van der Waals surface area contributed by atoms with Gasteiger partial charge < -0.3 is 9.80 Å². The Morgan fingerprint density at radius 2 is 1.96 bits per heavy atom. The number of rotatable bonds is 5. The van der Waals surface area contributed by atoms with Gasteiger partial charge in [0.1, 0.15) is 5.82 Å². The fourth-order valence-electron chi connectivity index (χ4n) is 3.68. The van der Waals surface area contributed by atoms with Crippen LogP contribution in [0.4, 0.5) is 4.39 Å². The quantitative estimate of drug-likeness (QED) is 0.832. The maximum Gasteiger partial charge on any atom is 0.242 e. The highest BCUT2D eigenvalue weighted by Gasteiger charge is 2.28. The van der Waals surface area contributed by atoms with Crippen molar-refractivity contribution in [1.82, 2.24) is 9.80 Å². The first-order valence-electron chi connectivity index (χ1n) is 8.92. The molecule has 24 heavy (non-hydrogen) atoms. The number of carbonyl (C=O) groups excluding carboxylic acids is 2. The van der Waals surface area contributed by atoms with E-state index in [0.29, 0.717) is 18.9 Å². The van der Waals surface area contributed by atoms with Crippen LogP contribution in [0.15, 0.2) is 24.3 Å². The predicted octanol–water partition coefficient (Wildman–Crippen LogP) is 2.62. The van der Waals surface area contributed by atoms with Crippen molar-refractivity contribution in [2.24, 2.45) is 5.92 Å². The van der Waals surface area contributed by atoms with Crippen LogP contribution >= 0.6 is 0 Å². The van der Waals surface area contributed by atoms with Gasteiger partial charge in [-0.1, -0.05) is 12.1 Å². The maximum absolute atomic E-state index is 12.9. The fraction of sp³-hybridized carbons (Fsp3) is 0.579. The van der Waals surface area contributed by atoms with Crippen molar-refractivity contribution >= 4 is 11.8 Å². The number of hydrogen-bond donors (Lipinski definition) is 0. The van der Waals surface area contributed by atoms with Crippen LogP contribution < -0.4 is 0 Å². The van der Waals surface area contributed by atoms with E-state index in [4.69, 9.17) is 0 Å². The number of halogens is 1. The lowest BCUT2D eigenvalue weighted by atomic mass is 9.91. The van der Waals surface area contributed by atoms with Gasteiger partial charge in [-0.25, -0.2) is 4.39 Å². The summed E-state index contributed by atoms with van der Waals surface area (Å²) in [5, 5.41) is 0. The molecule has 2 aliphatic rings. The third-order valence-corrected chi connectivity index (χ3v) is 5.12. The lowest BCUT2D eigenvalue weighted by molar-refractivity contribution is -0.139. The van der Waals surface area contributed by atoms with E-state index in [9.17, 15) is 14.0 Å². The van der Waals surface area contributed by atoms with Crippen LogP contribution in [-0.4, -0.2) is 47.8 Å². The second-order valence-electron chi connectivity index (χ2n) is 6.93. The Balaban J connectivity index is 1.47. The third-order valence-electron chi connectivity index (χ3n) is 5.12. The minimum absolute atomic E-state index is 0.0803. The Morgan fingerprint density at radius 1 is 1.17 bits per heavy atom. The molecule has 1 atom stereocenters. The van der Waals surface area contributed by atoms with Crippen molar-refractivity contribution in [2.45, 2.75) is 38.5 Å². The van der Waals surface area contributed by atoms with E-state index >= 15 is 0 Å². The topological polar surface area (TPSA) is 40.6 Å². The summed E-state index contributed by atoms with van der Waals surface area (Å²) in [5.74, 6) is 0.469. The number of benzene rings is 1. The van der Waals surface area contributed by atoms with Crippen molar-refractivity contribution in [3.8, 4) is 0 Å². The Labute approximate surface area is 142 Å². The van der Waals surface area contributed by atoms with Gasteiger partial charge in [-0.15, -0.1) is 0 Å². The largest absolute Gasteiger partial charge is 0.341 e. The zero-order valence-corrected chi connectivity index (χ0v) is 14.0. The second-order valence-corrected chi connectivity index (χ2v) is 6.93. The Morgan fingerprint density at radius 3 is 2.67 bits per heavy atom. The van der Waals surface area contributed by atoms with Crippen LogP contribution in [0.1, 0.15) is 37.7 Å². The monoisotopic (exact) mass is 332 g/mol. The fourth-order valence-corrected chi connectivity index (χ4v) is 3.68. The van der Waals surface area contributed by atoms with Crippen molar-refractivity contribution < 1.29 is 14.0 Å². The molecular formula is C19H25FN2O2. The summed E-state index contributed by atoms with van der Waals surface area (Å²) in [7, 11) is 0. The molecule has 5 heteroatoms. The zero-order valence-electron chi connectivity index (χ0n) is 14.0. The highest BCUT2D eigenvalue weighted by molar-refractivity contribution is 5.85. The molecule has 0 unspecified atom stereocenters. The summed E-state index contributed by atoms with van der Waals surface area (Å²) in [6, 6.07) is 6.66. The van der Waals surface area contributed by atoms with Gasteiger partial charge in [0, 0.05) is 26.1 Å². The molecule has 2 heterocycles. The molecule has 0 radical (unpaired) electrons. The summed E-state index contributed by atoms with van der Waals surface area (Å²) in [6.07, 6.45) is 5.52. The minimum atomic E-state index is -0.204. The lowest BCUT2D eigenvalue weighted by Crippen LogP contribution is -2.45. The molecule has 0 spiro atoms. The van der Waals surface area contributed by atoms with Crippen LogP contribution in [0.3, 0.4) is 0 Å². The van der Waals surface area contributed by atoms with Gasteiger partial charge in [0.2, 0.25) is 11.8 Å². The molecule has 4 nitrogen and oxygen atoms in total. The van der Waals surface area contributed by atoms with Crippen LogP contribution in [0.25, 0.3) is 0 Å². The number of aryl methyl sites for hydroxylation is 1. The normalized spacial score (nSPS) is 21.4. The molecule has 1 aromatic rings. The van der Waals surface area contributed by atoms with Crippen LogP contribution in [0.5, 0.6) is 0 Å². The average Bonchev–Trinajstić information content (AvgIpc) is 2.99. The average molecular weight is 332 g/mol. The van der Waals surface area contributed by atoms with Crippen molar-refractivity contribution in [2.75, 3.05) is 26.2 Å². The predicted molar refractivity (Wildman–Crippen MR) is 89.8 cm³/mol. The molecule has 2 aliphatic heterocycles. The van der Waals surface area contributed by atoms with Gasteiger partial charge in [0.25, 0.3) is 0 Å². The number of hydrogen-bond acceptors (Lipinski definition) is 2. The summed E-state index contributed by atoms with van der Waals surface area (Å²) in [5.41, 5.74) is 1.14. The summed E-state index contributed by atoms with van der Waals surface area (Å²) in [4.78, 5) is 27.7. The summed E-state index contributed by atoms with van der Waals surface area (Å²) >= 11 is 0. The smallest absolute Gasteiger partial charge is 0.242 e. The molecule has 3 rings (SSSR count). The molecule has 2 fully saturated rings. The van der Waals surface area contributed by atoms with Crippen LogP contribution in [-0.2, 0) is 16.0 Å². The lowest BCUT2D eigenvalue weighted by Gasteiger charge is -2.34. The number of amides is 2. The first-order chi connectivity index (χ1) is 11.6. The highest BCUT2D eigenvalue weighted by atomic mass is 19.1. The van der Waals surface area contributed by atoms with Gasteiger partial charge in [0.15, 0.2) is 0 Å². The number of piperidine rings is 1. The van der Waals surface area contributed by atoms with Gasteiger partial charge >= 0.3 is 0 Å². The molecule has 0 aliphatic carbocycles. The molecule has 130 valence electrons. The van der Waals surface area contributed by atoms with Crippen molar-refractivity contribution in [3.05, 3.63) is 35.6 Å². The Kier molecular flexibility index (Phi) is 5.48. The third kappa shape index (κ3) is 4.34. The van der Waals surface area contributed by atoms with E-state index < -0.39 is 0 Å². The van der Waals surface area contributed by atoms with E-state index in [1.807, 2.05) is 17.0 Å². The zero-order chi connectivity index (χ0) is 16.9. The molecule has 2 amide bonds. The Bertz CT molecular complexity index is 588. The van der Waals surface area contributed by atoms with Gasteiger partial charge in [0.05, 0.1) is 6.54 Å². The van der Waals surface area contributed by atoms with Crippen molar-refractivity contribution in [3.63, 3.8) is 0 Å². The van der Waals surface area contributed by atoms with Crippen molar-refractivity contribution in [1.29, 1.82) is 0 Å². The SMILES string of the molecule is O=C1CCCN1CC(=O)N1CCC[C@@H](CCc2ccc(F)cc2)C1. The molecule has 0 bridgehead atoms. The van der Waals surface area contributed by atoms with E-state index in [1.165, 1.54) is 12.1 Å². The number of carbonyl (C=O) groups is 2. The maximum atomic E-state index is 12.9. The number of likely N-dealkylation sites (tertiary alicyclic amines) is 2. The summed E-state index contributed by atoms with van der Waals surface area (Å²) < 4.78 is 12.9. The standard InChI is InChI=1S/C19H25FN2O2/c20-17-9-7-15(8-10-17)5-6-16-3-1-11-21(13-16)19(24)14-22-12-2-4-18(22)23/h7-10,16H,1-6,11-14H2/t16-/m0/s1. The molecule has 2 saturated heterocycles. The molecule has 1 aromatic carbocycles. The van der Waals surface area contributed by atoms with Crippen LogP contribution in [0.2, 0.25) is 0 Å². The van der Waals surface area contributed by atoms with Gasteiger partial charge in [-0.2, -0.15) is 0 Å². The second kappa shape index (κ2) is 7.77. The minimum Gasteiger partial charge on any atom is -0.341 e. The van der Waals surface area contributed by atoms with E-state index in [2.05, 4.69) is 0 Å². The van der Waals surface area contributed by atoms with E-state index in [0.717, 1.165) is 50.8 Å². The summed E-state index contributed by atoms with van der Waals surface area (Å²) in [6.45, 7) is 2.53. The highest BCUT2D eigenvalue weighted by Crippen LogP contribution is 2.22. The Hall–Kier alpha value is -1.91.